The van der Waals surface area contributed by atoms with Crippen molar-refractivity contribution in [3.05, 3.63) is 37.1 Å². The first kappa shape index (κ1) is 14.6. The predicted octanol–water partition coefficient (Wildman–Crippen LogP) is 2.74. The second-order valence-electron chi connectivity index (χ2n) is 4.33. The maximum absolute atomic E-state index is 11.7. The average Bonchev–Trinajstić information content (AvgIpc) is 2.99. The van der Waals surface area contributed by atoms with Gasteiger partial charge in [0.25, 0.3) is 0 Å². The summed E-state index contributed by atoms with van der Waals surface area (Å²) >= 11 is 1.66. The molecule has 5 nitrogen and oxygen atoms in total. The van der Waals surface area contributed by atoms with Crippen LogP contribution >= 0.6 is 11.8 Å². The Labute approximate surface area is 122 Å². The van der Waals surface area contributed by atoms with E-state index >= 15 is 0 Å². The van der Waals surface area contributed by atoms with Crippen LogP contribution in [-0.4, -0.2) is 31.9 Å². The van der Waals surface area contributed by atoms with Crippen LogP contribution in [0.1, 0.15) is 19.8 Å². The molecule has 20 heavy (non-hydrogen) atoms. The smallest absolute Gasteiger partial charge is 0.234 e. The number of rotatable bonds is 7. The largest absolute Gasteiger partial charge is 0.324 e. The predicted molar refractivity (Wildman–Crippen MR) is 82.2 cm³/mol. The minimum atomic E-state index is 0.0169. The van der Waals surface area contributed by atoms with Gasteiger partial charge in [0, 0.05) is 12.4 Å². The van der Waals surface area contributed by atoms with Crippen molar-refractivity contribution in [2.45, 2.75) is 19.8 Å². The summed E-state index contributed by atoms with van der Waals surface area (Å²) in [6, 6.07) is 3.69. The maximum Gasteiger partial charge on any atom is 0.234 e. The van der Waals surface area contributed by atoms with Crippen molar-refractivity contribution in [3.8, 4) is 5.82 Å². The minimum Gasteiger partial charge on any atom is -0.324 e. The lowest BCUT2D eigenvalue weighted by Crippen LogP contribution is -2.14. The van der Waals surface area contributed by atoms with Crippen LogP contribution in [0.5, 0.6) is 0 Å². The van der Waals surface area contributed by atoms with Crippen molar-refractivity contribution in [1.29, 1.82) is 0 Å². The zero-order valence-corrected chi connectivity index (χ0v) is 12.3. The van der Waals surface area contributed by atoms with E-state index in [2.05, 4.69) is 22.2 Å². The number of hydrogen-bond donors (Lipinski definition) is 1. The van der Waals surface area contributed by atoms with Crippen LogP contribution < -0.4 is 5.32 Å². The van der Waals surface area contributed by atoms with E-state index in [0.29, 0.717) is 5.75 Å². The van der Waals surface area contributed by atoms with Crippen molar-refractivity contribution < 1.29 is 4.79 Å². The zero-order valence-electron chi connectivity index (χ0n) is 11.5. The van der Waals surface area contributed by atoms with Crippen LogP contribution in [0.15, 0.2) is 37.1 Å². The van der Waals surface area contributed by atoms with Crippen molar-refractivity contribution >= 4 is 23.4 Å². The number of imidazole rings is 1. The number of nitrogens with one attached hydrogen (secondary N) is 1. The summed E-state index contributed by atoms with van der Waals surface area (Å²) in [5.74, 6) is 2.31. The summed E-state index contributed by atoms with van der Waals surface area (Å²) in [5.41, 5.74) is 0.718. The number of nitrogens with zero attached hydrogens (tertiary/aromatic N) is 3. The van der Waals surface area contributed by atoms with Crippen LogP contribution in [0.3, 0.4) is 0 Å². The Balaban J connectivity index is 1.83. The second kappa shape index (κ2) is 7.69. The van der Waals surface area contributed by atoms with Gasteiger partial charge in [0.15, 0.2) is 0 Å². The summed E-state index contributed by atoms with van der Waals surface area (Å²) < 4.78 is 1.81. The van der Waals surface area contributed by atoms with Gasteiger partial charge in [0.2, 0.25) is 5.91 Å². The van der Waals surface area contributed by atoms with E-state index in [1.807, 2.05) is 22.9 Å². The van der Waals surface area contributed by atoms with Crippen molar-refractivity contribution in [3.63, 3.8) is 0 Å². The molecule has 0 aliphatic carbocycles. The Bertz CT molecular complexity index is 525. The van der Waals surface area contributed by atoms with Crippen molar-refractivity contribution in [1.82, 2.24) is 14.5 Å². The fourth-order valence-corrected chi connectivity index (χ4v) is 2.51. The third-order valence-electron chi connectivity index (χ3n) is 2.68. The average molecular weight is 290 g/mol. The quantitative estimate of drug-likeness (QED) is 0.797. The van der Waals surface area contributed by atoms with Gasteiger partial charge in [-0.1, -0.05) is 13.3 Å². The van der Waals surface area contributed by atoms with E-state index in [1.165, 1.54) is 0 Å². The molecular weight excluding hydrogens is 272 g/mol. The number of hydrogen-bond acceptors (Lipinski definition) is 4. The first-order valence-electron chi connectivity index (χ1n) is 6.61. The molecule has 0 atom stereocenters. The third kappa shape index (κ3) is 4.38. The molecule has 0 aromatic carbocycles. The molecule has 0 spiro atoms. The molecule has 0 radical (unpaired) electrons. The molecule has 1 N–H and O–H groups in total. The van der Waals surface area contributed by atoms with E-state index in [-0.39, 0.29) is 5.91 Å². The van der Waals surface area contributed by atoms with Crippen LogP contribution in [0.25, 0.3) is 5.82 Å². The Hall–Kier alpha value is -1.82. The molecule has 0 aliphatic rings. The lowest BCUT2D eigenvalue weighted by Gasteiger charge is -2.06. The number of carbonyl (C=O) groups is 1. The summed E-state index contributed by atoms with van der Waals surface area (Å²) in [6.07, 6.45) is 9.18. The Morgan fingerprint density at radius 3 is 3.00 bits per heavy atom. The summed E-state index contributed by atoms with van der Waals surface area (Å²) in [6.45, 7) is 2.15. The first-order chi connectivity index (χ1) is 9.79. The van der Waals surface area contributed by atoms with Gasteiger partial charge in [-0.05, 0) is 24.3 Å². The molecule has 0 aliphatic heterocycles. The number of pyridine rings is 1. The molecule has 6 heteroatoms. The molecule has 0 fully saturated rings. The molecule has 2 rings (SSSR count). The van der Waals surface area contributed by atoms with Gasteiger partial charge in [0.05, 0.1) is 17.6 Å². The van der Waals surface area contributed by atoms with Crippen molar-refractivity contribution in [2.75, 3.05) is 16.8 Å². The van der Waals surface area contributed by atoms with Gasteiger partial charge in [-0.15, -0.1) is 0 Å². The Morgan fingerprint density at radius 2 is 2.35 bits per heavy atom. The Morgan fingerprint density at radius 1 is 1.45 bits per heavy atom. The van der Waals surface area contributed by atoms with Crippen LogP contribution in [-0.2, 0) is 4.79 Å². The van der Waals surface area contributed by atoms with Gasteiger partial charge in [-0.2, -0.15) is 11.8 Å². The molecule has 0 unspecified atom stereocenters. The molecule has 0 bridgehead atoms. The molecule has 2 aromatic rings. The normalized spacial score (nSPS) is 10.4. The third-order valence-corrected chi connectivity index (χ3v) is 3.72. The van der Waals surface area contributed by atoms with Crippen LogP contribution in [0, 0.1) is 0 Å². The molecule has 0 saturated carbocycles. The number of amides is 1. The van der Waals surface area contributed by atoms with E-state index in [1.54, 1.807) is 30.5 Å². The van der Waals surface area contributed by atoms with Gasteiger partial charge >= 0.3 is 0 Å². The number of thioether (sulfide) groups is 1. The second-order valence-corrected chi connectivity index (χ2v) is 5.43. The zero-order chi connectivity index (χ0) is 14.2. The number of carbonyl (C=O) groups excluding carboxylic acids is 1. The van der Waals surface area contributed by atoms with Crippen molar-refractivity contribution in [2.24, 2.45) is 0 Å². The van der Waals surface area contributed by atoms with Gasteiger partial charge in [-0.3, -0.25) is 9.36 Å². The van der Waals surface area contributed by atoms with Gasteiger partial charge in [-0.25, -0.2) is 9.97 Å². The standard InChI is InChI=1S/C14H18N4OS/c1-2-3-8-20-10-14(19)17-12-4-5-13(16-9-12)18-7-6-15-11-18/h4-7,9,11H,2-3,8,10H2,1H3,(H,17,19). The van der Waals surface area contributed by atoms with Crippen LogP contribution in [0.4, 0.5) is 5.69 Å². The van der Waals surface area contributed by atoms with Gasteiger partial charge < -0.3 is 5.32 Å². The molecule has 0 saturated heterocycles. The molecule has 106 valence electrons. The maximum atomic E-state index is 11.7. The number of aromatic nitrogens is 3. The highest BCUT2D eigenvalue weighted by atomic mass is 32.2. The number of unbranched alkanes of at least 4 members (excludes halogenated alkanes) is 1. The molecular formula is C14H18N4OS. The van der Waals surface area contributed by atoms with E-state index < -0.39 is 0 Å². The highest BCUT2D eigenvalue weighted by Gasteiger charge is 2.03. The highest BCUT2D eigenvalue weighted by molar-refractivity contribution is 7.99. The van der Waals surface area contributed by atoms with E-state index in [4.69, 9.17) is 0 Å². The van der Waals surface area contributed by atoms with Gasteiger partial charge in [0.1, 0.15) is 12.1 Å². The molecule has 2 aromatic heterocycles. The summed E-state index contributed by atoms with van der Waals surface area (Å²) in [7, 11) is 0. The fourth-order valence-electron chi connectivity index (χ4n) is 1.62. The Kier molecular flexibility index (Phi) is 5.61. The molecule has 2 heterocycles. The monoisotopic (exact) mass is 290 g/mol. The fraction of sp³-hybridized carbons (Fsp3) is 0.357. The first-order valence-corrected chi connectivity index (χ1v) is 7.77. The topological polar surface area (TPSA) is 59.8 Å². The summed E-state index contributed by atoms with van der Waals surface area (Å²) in [5, 5.41) is 2.84. The minimum absolute atomic E-state index is 0.0169. The highest BCUT2D eigenvalue weighted by Crippen LogP contribution is 2.11. The van der Waals surface area contributed by atoms with E-state index in [0.717, 1.165) is 30.1 Å². The SMILES string of the molecule is CCCCSCC(=O)Nc1ccc(-n2ccnc2)nc1. The number of anilines is 1. The summed E-state index contributed by atoms with van der Waals surface area (Å²) in [4.78, 5) is 20.0. The lowest BCUT2D eigenvalue weighted by molar-refractivity contribution is -0.113. The van der Waals surface area contributed by atoms with Crippen LogP contribution in [0.2, 0.25) is 0 Å². The lowest BCUT2D eigenvalue weighted by atomic mass is 10.4. The molecule has 1 amide bonds. The van der Waals surface area contributed by atoms with E-state index in [9.17, 15) is 4.79 Å².